The first-order chi connectivity index (χ1) is 14.4. The van der Waals surface area contributed by atoms with Gasteiger partial charge in [0.2, 0.25) is 11.7 Å². The second-order valence-electron chi connectivity index (χ2n) is 7.84. The van der Waals surface area contributed by atoms with Crippen LogP contribution in [0.3, 0.4) is 0 Å². The first-order valence-electron chi connectivity index (χ1n) is 9.43. The molecule has 12 nitrogen and oxygen atoms in total. The van der Waals surface area contributed by atoms with E-state index in [-0.39, 0.29) is 30.3 Å². The van der Waals surface area contributed by atoms with Crippen LogP contribution in [0.2, 0.25) is 0 Å². The molecule has 168 valence electrons. The number of amides is 4. The van der Waals surface area contributed by atoms with Crippen molar-refractivity contribution in [3.05, 3.63) is 30.0 Å². The molecular formula is C19H27N7O5. The van der Waals surface area contributed by atoms with Crippen LogP contribution in [0, 0.1) is 0 Å². The fourth-order valence-corrected chi connectivity index (χ4v) is 2.58. The molecule has 0 saturated carbocycles. The summed E-state index contributed by atoms with van der Waals surface area (Å²) in [6.45, 7) is 5.31. The largest absolute Gasteiger partial charge is 0.444 e. The summed E-state index contributed by atoms with van der Waals surface area (Å²) in [5, 5.41) is 7.70. The molecule has 2 rings (SSSR count). The number of aryl methyl sites for hydroxylation is 2. The maximum Gasteiger partial charge on any atom is 0.413 e. The molecule has 5 N–H and O–H groups in total. The van der Waals surface area contributed by atoms with Crippen LogP contribution in [-0.4, -0.2) is 50.1 Å². The monoisotopic (exact) mass is 433 g/mol. The zero-order valence-electron chi connectivity index (χ0n) is 18.1. The van der Waals surface area contributed by atoms with E-state index >= 15 is 0 Å². The molecule has 2 aromatic rings. The Morgan fingerprint density at radius 1 is 1.06 bits per heavy atom. The van der Waals surface area contributed by atoms with Crippen LogP contribution in [0.5, 0.6) is 0 Å². The van der Waals surface area contributed by atoms with Crippen molar-refractivity contribution in [3.63, 3.8) is 0 Å². The van der Waals surface area contributed by atoms with E-state index in [1.54, 1.807) is 41.1 Å². The molecular weight excluding hydrogens is 406 g/mol. The summed E-state index contributed by atoms with van der Waals surface area (Å²) in [5.41, 5.74) is 5.03. The van der Waals surface area contributed by atoms with Gasteiger partial charge in [0.25, 0.3) is 11.8 Å². The fourth-order valence-electron chi connectivity index (χ4n) is 2.58. The number of ether oxygens (including phenoxy) is 1. The van der Waals surface area contributed by atoms with Gasteiger partial charge in [0.1, 0.15) is 11.3 Å². The Labute approximate surface area is 179 Å². The summed E-state index contributed by atoms with van der Waals surface area (Å²) in [4.78, 5) is 51.6. The summed E-state index contributed by atoms with van der Waals surface area (Å²) in [5.74, 6) is -1.27. The Balaban J connectivity index is 2.04. The highest BCUT2D eigenvalue weighted by atomic mass is 16.6. The summed E-state index contributed by atoms with van der Waals surface area (Å²) in [6, 6.07) is 1.49. The fraction of sp³-hybridized carbons (Fsp3) is 0.421. The van der Waals surface area contributed by atoms with Crippen molar-refractivity contribution >= 4 is 35.3 Å². The van der Waals surface area contributed by atoms with Crippen molar-refractivity contribution in [3.8, 4) is 0 Å². The highest BCUT2D eigenvalue weighted by Crippen LogP contribution is 2.16. The lowest BCUT2D eigenvalue weighted by Crippen LogP contribution is -2.29. The number of hydrogen-bond acceptors (Lipinski definition) is 6. The van der Waals surface area contributed by atoms with Crippen LogP contribution in [0.15, 0.2) is 18.5 Å². The number of hydrogen-bond donors (Lipinski definition) is 4. The van der Waals surface area contributed by atoms with Crippen LogP contribution >= 0.6 is 0 Å². The number of carbonyl (C=O) groups is 4. The normalized spacial score (nSPS) is 11.0. The Bertz CT molecular complexity index is 1000. The molecule has 0 saturated heterocycles. The SMILES string of the molecule is Cn1cc(NC(=O)c2nc(NC(=O)OC(C)(C)C)cn2C)cc1C(=O)NCCC(N)=O. The van der Waals surface area contributed by atoms with Crippen molar-refractivity contribution in [1.29, 1.82) is 0 Å². The molecule has 4 amide bonds. The highest BCUT2D eigenvalue weighted by molar-refractivity contribution is 6.03. The molecule has 0 spiro atoms. The number of anilines is 2. The van der Waals surface area contributed by atoms with Crippen LogP contribution in [0.4, 0.5) is 16.3 Å². The van der Waals surface area contributed by atoms with E-state index in [0.29, 0.717) is 5.69 Å². The molecule has 31 heavy (non-hydrogen) atoms. The average Bonchev–Trinajstić information content (AvgIpc) is 3.14. The molecule has 2 aromatic heterocycles. The Morgan fingerprint density at radius 3 is 2.35 bits per heavy atom. The van der Waals surface area contributed by atoms with Crippen molar-refractivity contribution < 1.29 is 23.9 Å². The van der Waals surface area contributed by atoms with Crippen LogP contribution in [-0.2, 0) is 23.6 Å². The second-order valence-corrected chi connectivity index (χ2v) is 7.84. The van der Waals surface area contributed by atoms with E-state index in [1.165, 1.54) is 21.4 Å². The number of imidazole rings is 1. The molecule has 0 atom stereocenters. The van der Waals surface area contributed by atoms with E-state index < -0.39 is 29.4 Å². The molecule has 0 unspecified atom stereocenters. The Morgan fingerprint density at radius 2 is 1.74 bits per heavy atom. The van der Waals surface area contributed by atoms with E-state index in [9.17, 15) is 19.2 Å². The number of nitrogens with two attached hydrogens (primary N) is 1. The molecule has 0 aliphatic heterocycles. The van der Waals surface area contributed by atoms with Gasteiger partial charge in [0.15, 0.2) is 5.82 Å². The quantitative estimate of drug-likeness (QED) is 0.508. The number of rotatable bonds is 7. The Kier molecular flexibility index (Phi) is 7.05. The van der Waals surface area contributed by atoms with Gasteiger partial charge in [-0.2, -0.15) is 0 Å². The molecule has 12 heteroatoms. The van der Waals surface area contributed by atoms with E-state index in [1.807, 2.05) is 0 Å². The van der Waals surface area contributed by atoms with Gasteiger partial charge in [-0.05, 0) is 26.8 Å². The Hall–Kier alpha value is -3.83. The number of aromatic nitrogens is 3. The van der Waals surface area contributed by atoms with E-state index in [0.717, 1.165) is 0 Å². The molecule has 0 fully saturated rings. The van der Waals surface area contributed by atoms with Crippen molar-refractivity contribution in [1.82, 2.24) is 19.4 Å². The number of carbonyl (C=O) groups excluding carboxylic acids is 4. The first kappa shape index (κ1) is 23.4. The molecule has 0 aliphatic rings. The standard InChI is InChI=1S/C19H27N7O5/c1-19(2,3)31-18(30)24-14-10-26(5)15(23-14)17(29)22-11-8-12(25(4)9-11)16(28)21-7-6-13(20)27/h8-10H,6-7H2,1-5H3,(H2,20,27)(H,21,28)(H,22,29)(H,24,30). The first-order valence-corrected chi connectivity index (χ1v) is 9.43. The summed E-state index contributed by atoms with van der Waals surface area (Å²) in [6.07, 6.45) is 2.37. The van der Waals surface area contributed by atoms with Crippen LogP contribution in [0.1, 0.15) is 48.3 Å². The van der Waals surface area contributed by atoms with Crippen molar-refractivity contribution in [2.75, 3.05) is 17.2 Å². The van der Waals surface area contributed by atoms with Crippen molar-refractivity contribution in [2.24, 2.45) is 19.8 Å². The van der Waals surface area contributed by atoms with Gasteiger partial charge in [-0.25, -0.2) is 9.78 Å². The maximum absolute atomic E-state index is 12.6. The lowest BCUT2D eigenvalue weighted by molar-refractivity contribution is -0.117. The lowest BCUT2D eigenvalue weighted by atomic mass is 10.2. The van der Waals surface area contributed by atoms with Gasteiger partial charge >= 0.3 is 6.09 Å². The maximum atomic E-state index is 12.6. The van der Waals surface area contributed by atoms with Crippen LogP contribution < -0.4 is 21.7 Å². The smallest absolute Gasteiger partial charge is 0.413 e. The minimum atomic E-state index is -0.687. The van der Waals surface area contributed by atoms with E-state index in [4.69, 9.17) is 10.5 Å². The topological polar surface area (TPSA) is 162 Å². The zero-order valence-corrected chi connectivity index (χ0v) is 18.1. The average molecular weight is 433 g/mol. The van der Waals surface area contributed by atoms with Crippen LogP contribution in [0.25, 0.3) is 0 Å². The minimum Gasteiger partial charge on any atom is -0.444 e. The number of nitrogens with zero attached hydrogens (tertiary/aromatic N) is 3. The predicted octanol–water partition coefficient (Wildman–Crippen LogP) is 0.963. The zero-order chi connectivity index (χ0) is 23.3. The number of primary amides is 1. The summed E-state index contributed by atoms with van der Waals surface area (Å²) < 4.78 is 8.14. The third-order valence-electron chi connectivity index (χ3n) is 3.86. The molecule has 2 heterocycles. The number of nitrogens with one attached hydrogen (secondary N) is 3. The summed E-state index contributed by atoms with van der Waals surface area (Å²) >= 11 is 0. The van der Waals surface area contributed by atoms with Gasteiger partial charge in [-0.1, -0.05) is 0 Å². The lowest BCUT2D eigenvalue weighted by Gasteiger charge is -2.18. The molecule has 0 bridgehead atoms. The molecule has 0 aromatic carbocycles. The van der Waals surface area contributed by atoms with Crippen molar-refractivity contribution in [2.45, 2.75) is 32.8 Å². The van der Waals surface area contributed by atoms with Gasteiger partial charge in [-0.3, -0.25) is 19.7 Å². The van der Waals surface area contributed by atoms with E-state index in [2.05, 4.69) is 20.9 Å². The van der Waals surface area contributed by atoms with Gasteiger partial charge in [-0.15, -0.1) is 0 Å². The third-order valence-corrected chi connectivity index (χ3v) is 3.86. The van der Waals surface area contributed by atoms with Gasteiger partial charge in [0, 0.05) is 39.5 Å². The molecule has 0 radical (unpaired) electrons. The van der Waals surface area contributed by atoms with Gasteiger partial charge < -0.3 is 30.2 Å². The third kappa shape index (κ3) is 6.87. The molecule has 0 aliphatic carbocycles. The predicted molar refractivity (Wildman–Crippen MR) is 113 cm³/mol. The minimum absolute atomic E-state index is 0.0264. The second kappa shape index (κ2) is 9.32. The summed E-state index contributed by atoms with van der Waals surface area (Å²) in [7, 11) is 3.24. The highest BCUT2D eigenvalue weighted by Gasteiger charge is 2.20. The van der Waals surface area contributed by atoms with Gasteiger partial charge in [0.05, 0.1) is 5.69 Å².